The van der Waals surface area contributed by atoms with E-state index >= 15 is 0 Å². The normalized spacial score (nSPS) is 27.8. The van der Waals surface area contributed by atoms with Crippen LogP contribution in [0.3, 0.4) is 0 Å². The van der Waals surface area contributed by atoms with Crippen molar-refractivity contribution in [1.29, 1.82) is 0 Å². The molecule has 2 saturated heterocycles. The Morgan fingerprint density at radius 2 is 1.82 bits per heavy atom. The third-order valence-electron chi connectivity index (χ3n) is 7.82. The largest absolute Gasteiger partial charge is 0.494 e. The van der Waals surface area contributed by atoms with Crippen molar-refractivity contribution in [2.75, 3.05) is 31.1 Å². The predicted molar refractivity (Wildman–Crippen MR) is 128 cm³/mol. The summed E-state index contributed by atoms with van der Waals surface area (Å²) in [5.74, 6) is 0.237. The van der Waals surface area contributed by atoms with Gasteiger partial charge in [-0.25, -0.2) is 4.79 Å². The van der Waals surface area contributed by atoms with E-state index in [2.05, 4.69) is 44.7 Å². The molecule has 0 spiro atoms. The quantitative estimate of drug-likeness (QED) is 0.604. The first-order chi connectivity index (χ1) is 15.4. The average molecular weight is 456 g/mol. The van der Waals surface area contributed by atoms with Crippen LogP contribution in [0.2, 0.25) is 0 Å². The number of nitrogens with zero attached hydrogens (tertiary/aromatic N) is 2. The molecule has 0 radical (unpaired) electrons. The molecule has 7 nitrogen and oxygen atoms in total. The van der Waals surface area contributed by atoms with E-state index in [4.69, 9.17) is 18.8 Å². The summed E-state index contributed by atoms with van der Waals surface area (Å²) in [7, 11) is -0.419. The van der Waals surface area contributed by atoms with Crippen LogP contribution in [0.1, 0.15) is 71.9 Å². The van der Waals surface area contributed by atoms with Crippen LogP contribution >= 0.6 is 0 Å². The highest BCUT2D eigenvalue weighted by Gasteiger charge is 2.53. The highest BCUT2D eigenvalue weighted by molar-refractivity contribution is 6.62. The minimum Gasteiger partial charge on any atom is -0.444 e. The molecule has 33 heavy (non-hydrogen) atoms. The smallest absolute Gasteiger partial charge is 0.444 e. The molecule has 0 aromatic heterocycles. The predicted octanol–water partition coefficient (Wildman–Crippen LogP) is 3.43. The van der Waals surface area contributed by atoms with Crippen LogP contribution < -0.4 is 10.4 Å². The summed E-state index contributed by atoms with van der Waals surface area (Å²) in [4.78, 5) is 17.2. The van der Waals surface area contributed by atoms with E-state index in [0.717, 1.165) is 18.4 Å². The molecular formula is C25H37BN2O5. The van der Waals surface area contributed by atoms with Gasteiger partial charge in [0.25, 0.3) is 0 Å². The molecule has 2 atom stereocenters. The summed E-state index contributed by atoms with van der Waals surface area (Å²) in [6, 6.07) is 4.82. The Kier molecular flexibility index (Phi) is 5.31. The van der Waals surface area contributed by atoms with Crippen molar-refractivity contribution in [1.82, 2.24) is 4.90 Å². The second kappa shape index (κ2) is 7.62. The lowest BCUT2D eigenvalue weighted by molar-refractivity contribution is 0.00578. The molecule has 4 aliphatic heterocycles. The van der Waals surface area contributed by atoms with E-state index in [9.17, 15) is 4.79 Å². The number of hydrogen-bond donors (Lipinski definition) is 0. The molecule has 2 fully saturated rings. The first kappa shape index (κ1) is 23.0. The van der Waals surface area contributed by atoms with Gasteiger partial charge in [-0.1, -0.05) is 12.1 Å². The second-order valence-electron chi connectivity index (χ2n) is 11.8. The molecule has 0 N–H and O–H groups in total. The van der Waals surface area contributed by atoms with Crippen LogP contribution in [-0.2, 0) is 25.4 Å². The van der Waals surface area contributed by atoms with E-state index in [0.29, 0.717) is 32.3 Å². The fourth-order valence-corrected chi connectivity index (χ4v) is 5.50. The second-order valence-corrected chi connectivity index (χ2v) is 11.8. The van der Waals surface area contributed by atoms with Gasteiger partial charge in [0.2, 0.25) is 0 Å². The SMILES string of the molecule is CC(C)(C)OC(=O)N1CC[C@H]2[C@@H](C1)c1cc(B3OC(C)(C)C(C)(C)O3)cc3c1N2CCOC3. The molecule has 0 unspecified atom stereocenters. The highest BCUT2D eigenvalue weighted by Crippen LogP contribution is 2.47. The number of piperidine rings is 1. The van der Waals surface area contributed by atoms with E-state index < -0.39 is 23.9 Å². The Morgan fingerprint density at radius 3 is 2.48 bits per heavy atom. The molecule has 0 bridgehead atoms. The van der Waals surface area contributed by atoms with Gasteiger partial charge in [-0.15, -0.1) is 0 Å². The zero-order valence-corrected chi connectivity index (χ0v) is 21.1. The monoisotopic (exact) mass is 456 g/mol. The number of likely N-dealkylation sites (tertiary alicyclic amines) is 1. The molecule has 1 aromatic rings. The van der Waals surface area contributed by atoms with Crippen molar-refractivity contribution in [3.63, 3.8) is 0 Å². The number of hydrogen-bond acceptors (Lipinski definition) is 6. The van der Waals surface area contributed by atoms with E-state index in [1.54, 1.807) is 0 Å². The molecule has 1 aromatic carbocycles. The summed E-state index contributed by atoms with van der Waals surface area (Å²) < 4.78 is 24.4. The highest BCUT2D eigenvalue weighted by atomic mass is 16.7. The zero-order valence-electron chi connectivity index (χ0n) is 21.1. The number of fused-ring (bicyclic) bond motifs is 3. The van der Waals surface area contributed by atoms with Crippen molar-refractivity contribution >= 4 is 24.4 Å². The van der Waals surface area contributed by atoms with Crippen molar-refractivity contribution in [2.24, 2.45) is 0 Å². The van der Waals surface area contributed by atoms with E-state index in [1.807, 2.05) is 25.7 Å². The van der Waals surface area contributed by atoms with Crippen LogP contribution in [0, 0.1) is 0 Å². The van der Waals surface area contributed by atoms with Crippen molar-refractivity contribution < 1.29 is 23.6 Å². The maximum atomic E-state index is 12.8. The van der Waals surface area contributed by atoms with E-state index in [1.165, 1.54) is 16.8 Å². The number of carbonyl (C=O) groups excluding carboxylic acids is 1. The van der Waals surface area contributed by atoms with E-state index in [-0.39, 0.29) is 12.0 Å². The van der Waals surface area contributed by atoms with Crippen LogP contribution in [0.25, 0.3) is 0 Å². The Balaban J connectivity index is 1.49. The van der Waals surface area contributed by atoms with Gasteiger partial charge in [0.05, 0.1) is 24.4 Å². The first-order valence-electron chi connectivity index (χ1n) is 12.2. The number of anilines is 1. The Hall–Kier alpha value is -1.77. The molecular weight excluding hydrogens is 419 g/mol. The van der Waals surface area contributed by atoms with Gasteiger partial charge >= 0.3 is 13.2 Å². The summed E-state index contributed by atoms with van der Waals surface area (Å²) in [5, 5.41) is 0. The number of rotatable bonds is 1. The summed E-state index contributed by atoms with van der Waals surface area (Å²) in [6.45, 7) is 17.6. The van der Waals surface area contributed by atoms with Crippen LogP contribution in [-0.4, -0.2) is 67.2 Å². The maximum absolute atomic E-state index is 12.8. The minimum atomic E-state index is -0.497. The van der Waals surface area contributed by atoms with Crippen molar-refractivity contribution in [3.8, 4) is 0 Å². The van der Waals surface area contributed by atoms with Crippen LogP contribution in [0.5, 0.6) is 0 Å². The average Bonchev–Trinajstić information content (AvgIpc) is 3.01. The topological polar surface area (TPSA) is 60.5 Å². The molecule has 0 aliphatic carbocycles. The molecule has 4 aliphatic rings. The fraction of sp³-hybridized carbons (Fsp3) is 0.720. The molecule has 0 saturated carbocycles. The van der Waals surface area contributed by atoms with Gasteiger partial charge < -0.3 is 28.6 Å². The molecule has 5 rings (SSSR count). The van der Waals surface area contributed by atoms with Gasteiger partial charge in [-0.2, -0.15) is 0 Å². The van der Waals surface area contributed by atoms with Gasteiger partial charge in [0.1, 0.15) is 5.60 Å². The summed E-state index contributed by atoms with van der Waals surface area (Å²) in [6.07, 6.45) is 0.697. The first-order valence-corrected chi connectivity index (χ1v) is 12.2. The maximum Gasteiger partial charge on any atom is 0.494 e. The summed E-state index contributed by atoms with van der Waals surface area (Å²) >= 11 is 0. The zero-order chi connectivity index (χ0) is 23.8. The number of carbonyl (C=O) groups is 1. The third kappa shape index (κ3) is 3.94. The van der Waals surface area contributed by atoms with Crippen molar-refractivity contribution in [2.45, 2.75) is 90.3 Å². The lowest BCUT2D eigenvalue weighted by atomic mass is 9.75. The van der Waals surface area contributed by atoms with Gasteiger partial charge in [-0.05, 0) is 65.9 Å². The Morgan fingerprint density at radius 1 is 1.12 bits per heavy atom. The lowest BCUT2D eigenvalue weighted by Crippen LogP contribution is -2.49. The molecule has 8 heteroatoms. The number of benzene rings is 1. The number of ether oxygens (including phenoxy) is 2. The molecule has 4 heterocycles. The van der Waals surface area contributed by atoms with Gasteiger partial charge in [-0.3, -0.25) is 0 Å². The Labute approximate surface area is 197 Å². The lowest BCUT2D eigenvalue weighted by Gasteiger charge is -2.39. The standard InChI is InChI=1S/C25H37BN2O5/c1-23(2,3)31-22(29)27-9-8-20-19(14-27)18-13-17(26-32-24(4,5)25(6,7)33-26)12-16-15-30-11-10-28(20)21(16)18/h12-13,19-20H,8-11,14-15H2,1-7H3/t19-,20-/m0/s1. The van der Waals surface area contributed by atoms with Crippen molar-refractivity contribution in [3.05, 3.63) is 23.3 Å². The van der Waals surface area contributed by atoms with Crippen LogP contribution in [0.4, 0.5) is 10.5 Å². The molecule has 1 amide bonds. The molecule has 180 valence electrons. The minimum absolute atomic E-state index is 0.223. The third-order valence-corrected chi connectivity index (χ3v) is 7.82. The Bertz CT molecular complexity index is 941. The number of amides is 1. The van der Waals surface area contributed by atoms with Gasteiger partial charge in [0.15, 0.2) is 0 Å². The summed E-state index contributed by atoms with van der Waals surface area (Å²) in [5.41, 5.74) is 3.50. The fourth-order valence-electron chi connectivity index (χ4n) is 5.50. The van der Waals surface area contributed by atoms with Crippen LogP contribution in [0.15, 0.2) is 12.1 Å². The van der Waals surface area contributed by atoms with Gasteiger partial charge in [0, 0.05) is 42.8 Å².